The smallest absolute Gasteiger partial charge is 0.123 e. The van der Waals surface area contributed by atoms with Crippen LogP contribution in [0.3, 0.4) is 0 Å². The molecule has 1 aromatic carbocycles. The molecule has 0 aliphatic carbocycles. The summed E-state index contributed by atoms with van der Waals surface area (Å²) in [6.45, 7) is 6.63. The Bertz CT molecular complexity index is 368. The molecule has 0 spiro atoms. The van der Waals surface area contributed by atoms with Gasteiger partial charge in [0.05, 0.1) is 14.2 Å². The van der Waals surface area contributed by atoms with Gasteiger partial charge in [-0.2, -0.15) is 0 Å². The second-order valence-corrected chi connectivity index (χ2v) is 4.33. The minimum absolute atomic E-state index is 0.215. The van der Waals surface area contributed by atoms with Crippen LogP contribution in [-0.4, -0.2) is 34.0 Å². The van der Waals surface area contributed by atoms with Crippen LogP contribution in [0.1, 0.15) is 31.9 Å². The maximum Gasteiger partial charge on any atom is 0.123 e. The van der Waals surface area contributed by atoms with Gasteiger partial charge in [0.2, 0.25) is 0 Å². The van der Waals surface area contributed by atoms with Crippen molar-refractivity contribution in [1.29, 1.82) is 0 Å². The van der Waals surface area contributed by atoms with E-state index in [9.17, 15) is 0 Å². The van der Waals surface area contributed by atoms with E-state index in [2.05, 4.69) is 12.2 Å². The summed E-state index contributed by atoms with van der Waals surface area (Å²) in [6, 6.07) is 6.07. The fraction of sp³-hybridized carbons (Fsp3) is 0.600. The van der Waals surface area contributed by atoms with Gasteiger partial charge in [0.1, 0.15) is 11.5 Å². The molecule has 0 fully saturated rings. The third-order valence-electron chi connectivity index (χ3n) is 3.02. The van der Waals surface area contributed by atoms with E-state index in [1.54, 1.807) is 14.2 Å². The van der Waals surface area contributed by atoms with Crippen LogP contribution in [0.25, 0.3) is 0 Å². The predicted molar refractivity (Wildman–Crippen MR) is 77.1 cm³/mol. The summed E-state index contributed by atoms with van der Waals surface area (Å²) in [6.07, 6.45) is 1.00. The number of benzene rings is 1. The molecule has 0 heterocycles. The standard InChI is InChI=1S/C15H25NO3/c1-5-19-10-6-9-16-12(2)14-11-13(17-3)7-8-15(14)18-4/h7-8,11-12,16H,5-6,9-10H2,1-4H3. The third-order valence-corrected chi connectivity index (χ3v) is 3.02. The van der Waals surface area contributed by atoms with Crippen molar-refractivity contribution in [3.05, 3.63) is 23.8 Å². The number of rotatable bonds is 9. The van der Waals surface area contributed by atoms with Crippen molar-refractivity contribution in [2.45, 2.75) is 26.3 Å². The molecule has 0 amide bonds. The maximum absolute atomic E-state index is 5.39. The molecule has 0 saturated carbocycles. The minimum Gasteiger partial charge on any atom is -0.497 e. The highest BCUT2D eigenvalue weighted by Gasteiger charge is 2.12. The molecule has 1 unspecified atom stereocenters. The van der Waals surface area contributed by atoms with Crippen molar-refractivity contribution in [2.75, 3.05) is 34.0 Å². The number of methoxy groups -OCH3 is 2. The SMILES string of the molecule is CCOCCCNC(C)c1cc(OC)ccc1OC. The molecule has 0 aliphatic rings. The van der Waals surface area contributed by atoms with E-state index >= 15 is 0 Å². The van der Waals surface area contributed by atoms with Gasteiger partial charge in [0.15, 0.2) is 0 Å². The molecule has 108 valence electrons. The fourth-order valence-corrected chi connectivity index (χ4v) is 1.92. The third kappa shape index (κ3) is 5.09. The average molecular weight is 267 g/mol. The lowest BCUT2D eigenvalue weighted by Gasteiger charge is -2.18. The van der Waals surface area contributed by atoms with Crippen LogP contribution in [0.15, 0.2) is 18.2 Å². The van der Waals surface area contributed by atoms with Crippen LogP contribution in [0.5, 0.6) is 11.5 Å². The Morgan fingerprint density at radius 3 is 2.63 bits per heavy atom. The molecule has 1 atom stereocenters. The van der Waals surface area contributed by atoms with E-state index in [1.165, 1.54) is 0 Å². The number of nitrogens with one attached hydrogen (secondary N) is 1. The van der Waals surface area contributed by atoms with Crippen molar-refractivity contribution in [3.8, 4) is 11.5 Å². The molecule has 1 N–H and O–H groups in total. The Kier molecular flexibility index (Phi) is 7.30. The largest absolute Gasteiger partial charge is 0.497 e. The number of hydrogen-bond donors (Lipinski definition) is 1. The van der Waals surface area contributed by atoms with Gasteiger partial charge in [0, 0.05) is 24.8 Å². The van der Waals surface area contributed by atoms with E-state index in [-0.39, 0.29) is 6.04 Å². The maximum atomic E-state index is 5.39. The van der Waals surface area contributed by atoms with Crippen LogP contribution in [0, 0.1) is 0 Å². The van der Waals surface area contributed by atoms with Gasteiger partial charge in [-0.05, 0) is 45.0 Å². The van der Waals surface area contributed by atoms with Crippen LogP contribution in [0.4, 0.5) is 0 Å². The monoisotopic (exact) mass is 267 g/mol. The molecule has 4 nitrogen and oxygen atoms in total. The molecule has 0 aliphatic heterocycles. The zero-order chi connectivity index (χ0) is 14.1. The molecule has 19 heavy (non-hydrogen) atoms. The molecular weight excluding hydrogens is 242 g/mol. The van der Waals surface area contributed by atoms with Crippen molar-refractivity contribution in [1.82, 2.24) is 5.32 Å². The first-order valence-corrected chi connectivity index (χ1v) is 6.76. The van der Waals surface area contributed by atoms with Gasteiger partial charge < -0.3 is 19.5 Å². The van der Waals surface area contributed by atoms with Crippen molar-refractivity contribution in [2.24, 2.45) is 0 Å². The quantitative estimate of drug-likeness (QED) is 0.698. The normalized spacial score (nSPS) is 12.2. The zero-order valence-electron chi connectivity index (χ0n) is 12.4. The predicted octanol–water partition coefficient (Wildman–Crippen LogP) is 2.78. The molecule has 0 saturated heterocycles. The Hall–Kier alpha value is -1.26. The van der Waals surface area contributed by atoms with Gasteiger partial charge >= 0.3 is 0 Å². The summed E-state index contributed by atoms with van der Waals surface area (Å²) in [4.78, 5) is 0. The lowest BCUT2D eigenvalue weighted by molar-refractivity contribution is 0.144. The summed E-state index contributed by atoms with van der Waals surface area (Å²) in [5.41, 5.74) is 1.11. The Morgan fingerprint density at radius 2 is 2.00 bits per heavy atom. The van der Waals surface area contributed by atoms with E-state index in [1.807, 2.05) is 25.1 Å². The van der Waals surface area contributed by atoms with Crippen LogP contribution >= 0.6 is 0 Å². The minimum atomic E-state index is 0.215. The first kappa shape index (κ1) is 15.8. The van der Waals surface area contributed by atoms with E-state index < -0.39 is 0 Å². The van der Waals surface area contributed by atoms with Gasteiger partial charge in [-0.1, -0.05) is 0 Å². The average Bonchev–Trinajstić information content (AvgIpc) is 2.46. The van der Waals surface area contributed by atoms with E-state index in [4.69, 9.17) is 14.2 Å². The summed E-state index contributed by atoms with van der Waals surface area (Å²) in [5.74, 6) is 1.73. The summed E-state index contributed by atoms with van der Waals surface area (Å²) < 4.78 is 16.0. The van der Waals surface area contributed by atoms with Crippen molar-refractivity contribution in [3.63, 3.8) is 0 Å². The second kappa shape index (κ2) is 8.77. The van der Waals surface area contributed by atoms with Crippen molar-refractivity contribution < 1.29 is 14.2 Å². The Morgan fingerprint density at radius 1 is 1.21 bits per heavy atom. The second-order valence-electron chi connectivity index (χ2n) is 4.33. The van der Waals surface area contributed by atoms with Crippen LogP contribution < -0.4 is 14.8 Å². The van der Waals surface area contributed by atoms with Gasteiger partial charge in [0.25, 0.3) is 0 Å². The molecule has 0 aromatic heterocycles. The van der Waals surface area contributed by atoms with Crippen LogP contribution in [-0.2, 0) is 4.74 Å². The summed E-state index contributed by atoms with van der Waals surface area (Å²) >= 11 is 0. The molecular formula is C15H25NO3. The molecule has 1 aromatic rings. The lowest BCUT2D eigenvalue weighted by Crippen LogP contribution is -2.21. The Labute approximate surface area is 116 Å². The number of hydrogen-bond acceptors (Lipinski definition) is 4. The molecule has 1 rings (SSSR count). The highest BCUT2D eigenvalue weighted by molar-refractivity contribution is 5.42. The Balaban J connectivity index is 2.56. The lowest BCUT2D eigenvalue weighted by atomic mass is 10.1. The molecule has 0 radical (unpaired) electrons. The first-order valence-electron chi connectivity index (χ1n) is 6.76. The fourth-order valence-electron chi connectivity index (χ4n) is 1.92. The van der Waals surface area contributed by atoms with Gasteiger partial charge in [-0.25, -0.2) is 0 Å². The van der Waals surface area contributed by atoms with E-state index in [0.29, 0.717) is 0 Å². The molecule has 0 bridgehead atoms. The van der Waals surface area contributed by atoms with Crippen molar-refractivity contribution >= 4 is 0 Å². The van der Waals surface area contributed by atoms with Gasteiger partial charge in [-0.15, -0.1) is 0 Å². The van der Waals surface area contributed by atoms with Gasteiger partial charge in [-0.3, -0.25) is 0 Å². The topological polar surface area (TPSA) is 39.7 Å². The summed E-state index contributed by atoms with van der Waals surface area (Å²) in [7, 11) is 3.36. The first-order chi connectivity index (χ1) is 9.22. The van der Waals surface area contributed by atoms with Crippen LogP contribution in [0.2, 0.25) is 0 Å². The van der Waals surface area contributed by atoms with E-state index in [0.717, 1.165) is 43.2 Å². The zero-order valence-corrected chi connectivity index (χ0v) is 12.4. The number of ether oxygens (including phenoxy) is 3. The summed E-state index contributed by atoms with van der Waals surface area (Å²) in [5, 5.41) is 3.47. The highest BCUT2D eigenvalue weighted by Crippen LogP contribution is 2.29. The molecule has 4 heteroatoms. The highest BCUT2D eigenvalue weighted by atomic mass is 16.5.